The number of benzene rings is 2. The Kier molecular flexibility index (Phi) is 84.4. The van der Waals surface area contributed by atoms with Crippen molar-refractivity contribution in [3.8, 4) is 0 Å². The van der Waals surface area contributed by atoms with Gasteiger partial charge in [0.1, 0.15) is 0 Å². The van der Waals surface area contributed by atoms with Gasteiger partial charge in [-0.05, 0) is 122 Å². The Morgan fingerprint density at radius 2 is 0.451 bits per heavy atom. The van der Waals surface area contributed by atoms with Crippen LogP contribution in [0.15, 0.2) is 47.5 Å². The molecule has 0 aromatic heterocycles. The van der Waals surface area contributed by atoms with Crippen LogP contribution < -0.4 is 0 Å². The fourth-order valence-electron chi connectivity index (χ4n) is 15.2. The Balaban J connectivity index is 0. The van der Waals surface area contributed by atoms with E-state index in [0.717, 1.165) is 76.2 Å². The molecule has 0 spiro atoms. The standard InChI is InChI=1S/C85H150N2.2C7H15.Ni/c1-7-13-19-23-25-27-29-31-33-35-37-39-41-43-45-47-49-51-53-55-57-62-66-79-71-80(67-63-58-56-54-52-50-48-46-44-42-40-38-36-34-32-30-28-26-24-20-14-8-2)75-83(74-79)85(84(69-18-12-6)81(76-87-86)68-59-17-11-5)82-72-77(64-60-21-15-9-3)70-78(73-82)65-61-22-16-10-4;2*1-3-5-7-6-4-2;/h70-75H,7-69H2,1-6H3;2*1,3-7H2,2H3;/q;2*-1;+2. The van der Waals surface area contributed by atoms with Crippen molar-refractivity contribution < 1.29 is 21.3 Å². The second-order valence-corrected chi connectivity index (χ2v) is 32.0. The molecule has 0 amide bonds. The van der Waals surface area contributed by atoms with Crippen LogP contribution in [0.4, 0.5) is 0 Å². The van der Waals surface area contributed by atoms with Crippen LogP contribution in [-0.2, 0) is 42.2 Å². The molecule has 0 radical (unpaired) electrons. The second kappa shape index (κ2) is 84.5. The molecule has 2 aromatic carbocycles. The van der Waals surface area contributed by atoms with Crippen LogP contribution in [0.25, 0.3) is 11.1 Å². The van der Waals surface area contributed by atoms with Crippen LogP contribution in [0.5, 0.6) is 0 Å². The Morgan fingerprint density at radius 3 is 0.667 bits per heavy atom. The topological polar surface area (TPSA) is 36.4 Å². The smallest absolute Gasteiger partial charge is 0.348 e. The van der Waals surface area contributed by atoms with Crippen molar-refractivity contribution in [2.75, 3.05) is 0 Å². The molecule has 0 bridgehead atoms. The summed E-state index contributed by atoms with van der Waals surface area (Å²) < 4.78 is 0. The van der Waals surface area contributed by atoms with E-state index in [1.54, 1.807) is 0 Å². The summed E-state index contributed by atoms with van der Waals surface area (Å²) in [6, 6.07) is 15.6. The second-order valence-electron chi connectivity index (χ2n) is 32.0. The Bertz CT molecular complexity index is 2000. The summed E-state index contributed by atoms with van der Waals surface area (Å²) >= 11 is 0. The van der Waals surface area contributed by atoms with Gasteiger partial charge in [0, 0.05) is 0 Å². The molecule has 2 aromatic rings. The van der Waals surface area contributed by atoms with Crippen LogP contribution >= 0.6 is 0 Å². The molecule has 0 aliphatic carbocycles. The zero-order valence-corrected chi connectivity index (χ0v) is 71.7. The third-order valence-corrected chi connectivity index (χ3v) is 21.8. The summed E-state index contributed by atoms with van der Waals surface area (Å²) in [7, 11) is 0. The molecule has 0 fully saturated rings. The Labute approximate surface area is 652 Å². The fourth-order valence-corrected chi connectivity index (χ4v) is 15.2. The van der Waals surface area contributed by atoms with E-state index in [9.17, 15) is 5.53 Å². The summed E-state index contributed by atoms with van der Waals surface area (Å²) in [5, 5.41) is 0. The van der Waals surface area contributed by atoms with E-state index in [1.807, 2.05) is 0 Å². The van der Waals surface area contributed by atoms with Crippen molar-refractivity contribution >= 4 is 11.4 Å². The van der Waals surface area contributed by atoms with Gasteiger partial charge < -0.3 is 19.4 Å². The molecule has 0 unspecified atom stereocenters. The third kappa shape index (κ3) is 66.1. The largest absolute Gasteiger partial charge is 2.00 e. The van der Waals surface area contributed by atoms with Crippen LogP contribution in [-0.4, -0.2) is 10.7 Å². The molecule has 0 heterocycles. The number of hydrogen-bond acceptors (Lipinski definition) is 0. The van der Waals surface area contributed by atoms with Crippen LogP contribution in [0.3, 0.4) is 0 Å². The van der Waals surface area contributed by atoms with Crippen molar-refractivity contribution in [3.63, 3.8) is 0 Å². The number of unbranched alkanes of at least 4 members (excludes halogenated alkanes) is 59. The van der Waals surface area contributed by atoms with Gasteiger partial charge in [0.2, 0.25) is 0 Å². The molecule has 0 aliphatic rings. The maximum Gasteiger partial charge on any atom is 2.00 e. The van der Waals surface area contributed by atoms with Crippen LogP contribution in [0.1, 0.15) is 532 Å². The van der Waals surface area contributed by atoms with E-state index in [-0.39, 0.29) is 16.5 Å². The van der Waals surface area contributed by atoms with E-state index in [4.69, 9.17) is 0 Å². The van der Waals surface area contributed by atoms with E-state index >= 15 is 0 Å². The minimum absolute atomic E-state index is 0. The molecule has 3 heteroatoms. The fraction of sp³-hybridized carbons (Fsp3) is 0.818. The molecule has 0 aliphatic heterocycles. The summed E-state index contributed by atoms with van der Waals surface area (Å²) in [6.45, 7) is 25.9. The van der Waals surface area contributed by atoms with Crippen molar-refractivity contribution in [1.29, 1.82) is 0 Å². The first kappa shape index (κ1) is 102. The first-order chi connectivity index (χ1) is 49.9. The molecule has 2 nitrogen and oxygen atoms in total. The molecule has 0 atom stereocenters. The summed E-state index contributed by atoms with van der Waals surface area (Å²) in [5.41, 5.74) is 23.1. The molecular weight excluding hydrogens is 1280 g/mol. The average Bonchev–Trinajstić information content (AvgIpc) is 0.788. The van der Waals surface area contributed by atoms with Gasteiger partial charge in [-0.3, -0.25) is 0 Å². The van der Waals surface area contributed by atoms with E-state index in [2.05, 4.69) is 116 Å². The average molecular weight is 1460 g/mol. The van der Waals surface area contributed by atoms with Gasteiger partial charge in [-0.1, -0.05) is 471 Å². The molecule has 0 N–H and O–H groups in total. The minimum Gasteiger partial charge on any atom is -0.348 e. The Hall–Kier alpha value is -2.17. The summed E-state index contributed by atoms with van der Waals surface area (Å²) in [4.78, 5) is 3.71. The monoisotopic (exact) mass is 1460 g/mol. The molecule has 2 rings (SSSR count). The maximum atomic E-state index is 10.3. The molecule has 0 saturated carbocycles. The van der Waals surface area contributed by atoms with Gasteiger partial charge in [-0.2, -0.15) is 12.8 Å². The first-order valence-corrected chi connectivity index (χ1v) is 46.4. The van der Waals surface area contributed by atoms with Gasteiger partial charge in [0.15, 0.2) is 0 Å². The quantitative estimate of drug-likeness (QED) is 0.0120. The molecular formula is C99H180N2Ni. The summed E-state index contributed by atoms with van der Waals surface area (Å²) in [6.07, 6.45) is 98.4. The first-order valence-electron chi connectivity index (χ1n) is 46.4. The van der Waals surface area contributed by atoms with Gasteiger partial charge in [0.25, 0.3) is 0 Å². The zero-order valence-electron chi connectivity index (χ0n) is 70.7. The number of aryl methyl sites for hydroxylation is 4. The van der Waals surface area contributed by atoms with E-state index in [0.29, 0.717) is 0 Å². The predicted octanol–water partition coefficient (Wildman–Crippen LogP) is 35.2. The molecule has 596 valence electrons. The van der Waals surface area contributed by atoms with E-state index < -0.39 is 0 Å². The van der Waals surface area contributed by atoms with Crippen LogP contribution in [0.2, 0.25) is 0 Å². The maximum absolute atomic E-state index is 10.3. The van der Waals surface area contributed by atoms with E-state index in [1.165, 1.54) is 443 Å². The molecule has 102 heavy (non-hydrogen) atoms. The van der Waals surface area contributed by atoms with Gasteiger partial charge in [-0.25, -0.2) is 0 Å². The Morgan fingerprint density at radius 1 is 0.255 bits per heavy atom. The third-order valence-electron chi connectivity index (χ3n) is 21.8. The predicted molar refractivity (Wildman–Crippen MR) is 461 cm³/mol. The number of hydrogen-bond donors (Lipinski definition) is 0. The van der Waals surface area contributed by atoms with Gasteiger partial charge in [0.05, 0.1) is 5.57 Å². The van der Waals surface area contributed by atoms with Crippen molar-refractivity contribution in [2.24, 2.45) is 0 Å². The number of rotatable bonds is 74. The van der Waals surface area contributed by atoms with Crippen molar-refractivity contribution in [2.45, 2.75) is 524 Å². The number of nitrogens with zero attached hydrogens (tertiary/aromatic N) is 2. The van der Waals surface area contributed by atoms with Gasteiger partial charge >= 0.3 is 22.4 Å². The normalized spacial score (nSPS) is 11.4. The minimum atomic E-state index is 0. The van der Waals surface area contributed by atoms with Crippen molar-refractivity contribution in [3.05, 3.63) is 100 Å². The van der Waals surface area contributed by atoms with Crippen molar-refractivity contribution in [1.82, 2.24) is 0 Å². The number of allylic oxidation sites excluding steroid dienone is 2. The van der Waals surface area contributed by atoms with Gasteiger partial charge in [-0.15, -0.1) is 4.79 Å². The molecule has 0 saturated heterocycles. The SMILES string of the molecule is CCCCCCCCCCCCCCCCCCCCCCCCc1cc(CCCCCCCCCCCCCCCCCCCCCCCC)cc(C(=C(CCCC)C(=C=[N+]=[N-])CCCCC)c2cc(CCCCCC)cc(CCCCCC)c2)c1.[CH2-]CCCCCC.[CH2-]CCCCCC.[Ni+2]. The summed E-state index contributed by atoms with van der Waals surface area (Å²) in [5.74, 6) is 3.25. The zero-order chi connectivity index (χ0) is 73.5. The van der Waals surface area contributed by atoms with Crippen LogP contribution in [0, 0.1) is 13.8 Å².